The maximum absolute atomic E-state index is 5.10. The maximum atomic E-state index is 5.10. The van der Waals surface area contributed by atoms with Gasteiger partial charge in [0, 0.05) is 13.0 Å². The average Bonchev–Trinajstić information content (AvgIpc) is 2.58. The Bertz CT molecular complexity index is 447. The van der Waals surface area contributed by atoms with Crippen LogP contribution in [0.4, 0.5) is 0 Å². The van der Waals surface area contributed by atoms with Crippen molar-refractivity contribution in [2.45, 2.75) is 13.8 Å². The molecule has 0 aromatic rings. The fraction of sp³-hybridized carbons (Fsp3) is 0.400. The van der Waals surface area contributed by atoms with E-state index in [1.807, 2.05) is 24.7 Å². The third kappa shape index (κ3) is 1.14. The number of hydrogen-bond acceptors (Lipinski definition) is 2. The number of aryl methyl sites for hydroxylation is 2. The molecule has 0 N–H and O–H groups in total. The van der Waals surface area contributed by atoms with E-state index in [4.69, 9.17) is 4.74 Å². The van der Waals surface area contributed by atoms with E-state index in [9.17, 15) is 0 Å². The summed E-state index contributed by atoms with van der Waals surface area (Å²) in [6, 6.07) is 4.03. The smallest absolute Gasteiger partial charge is 0.312 e. The van der Waals surface area contributed by atoms with Crippen LogP contribution in [0.5, 0.6) is 5.88 Å². The van der Waals surface area contributed by atoms with E-state index in [1.54, 1.807) is 7.11 Å². The normalized spacial score (nSPS) is 10.9. The van der Waals surface area contributed by atoms with Crippen molar-refractivity contribution in [3.63, 3.8) is 0 Å². The molecule has 2 aliphatic heterocycles. The van der Waals surface area contributed by atoms with Crippen molar-refractivity contribution in [1.82, 2.24) is 9.67 Å². The molecule has 0 aromatic heterocycles. The van der Waals surface area contributed by atoms with E-state index in [1.165, 1.54) is 5.69 Å². The minimum Gasteiger partial charge on any atom is -0.478 e. The second kappa shape index (κ2) is 2.97. The summed E-state index contributed by atoms with van der Waals surface area (Å²) in [4.78, 5) is 0. The van der Waals surface area contributed by atoms with Crippen LogP contribution in [0.15, 0.2) is 12.1 Å². The molecular formula is C10H14N3O+. The first-order valence-corrected chi connectivity index (χ1v) is 4.53. The van der Waals surface area contributed by atoms with Gasteiger partial charge in [0.05, 0.1) is 20.2 Å². The molecule has 0 spiro atoms. The first kappa shape index (κ1) is 8.99. The minimum atomic E-state index is 0.648. The predicted molar refractivity (Wildman–Crippen MR) is 52.0 cm³/mol. The zero-order chi connectivity index (χ0) is 10.3. The van der Waals surface area contributed by atoms with Gasteiger partial charge in [0.15, 0.2) is 0 Å². The van der Waals surface area contributed by atoms with Crippen LogP contribution in [-0.4, -0.2) is 16.8 Å². The van der Waals surface area contributed by atoms with Gasteiger partial charge in [-0.05, 0) is 12.0 Å². The largest absolute Gasteiger partial charge is 0.478 e. The van der Waals surface area contributed by atoms with Crippen molar-refractivity contribution in [3.05, 3.63) is 23.5 Å². The molecule has 0 amide bonds. The lowest BCUT2D eigenvalue weighted by molar-refractivity contribution is -0.667. The number of hydrogen-bond donors (Lipinski definition) is 0. The highest BCUT2D eigenvalue weighted by atomic mass is 16.5. The average molecular weight is 192 g/mol. The van der Waals surface area contributed by atoms with Crippen molar-refractivity contribution < 1.29 is 9.42 Å². The van der Waals surface area contributed by atoms with Gasteiger partial charge in [0.1, 0.15) is 11.4 Å². The van der Waals surface area contributed by atoms with Crippen LogP contribution < -0.4 is 9.42 Å². The number of ether oxygens (including phenoxy) is 1. The van der Waals surface area contributed by atoms with Crippen LogP contribution in [0, 0.1) is 13.8 Å². The fourth-order valence-corrected chi connectivity index (χ4v) is 1.59. The molecule has 2 rings (SSSR count). The molecule has 4 heteroatoms. The summed E-state index contributed by atoms with van der Waals surface area (Å²) in [5.41, 5.74) is 2.32. The van der Waals surface area contributed by atoms with Gasteiger partial charge in [-0.3, -0.25) is 0 Å². The van der Waals surface area contributed by atoms with Gasteiger partial charge >= 0.3 is 5.82 Å². The van der Waals surface area contributed by atoms with E-state index < -0.39 is 0 Å². The second-order valence-corrected chi connectivity index (χ2v) is 3.44. The Morgan fingerprint density at radius 2 is 2.07 bits per heavy atom. The quantitative estimate of drug-likeness (QED) is 0.625. The highest BCUT2D eigenvalue weighted by Crippen LogP contribution is 2.13. The summed E-state index contributed by atoms with van der Waals surface area (Å²) in [7, 11) is 3.65. The summed E-state index contributed by atoms with van der Waals surface area (Å²) in [6.45, 7) is 4.11. The topological polar surface area (TPSA) is 30.9 Å². The van der Waals surface area contributed by atoms with Crippen LogP contribution in [0.2, 0.25) is 0 Å². The molecule has 2 heterocycles. The monoisotopic (exact) mass is 192 g/mol. The van der Waals surface area contributed by atoms with Crippen LogP contribution in [-0.2, 0) is 7.05 Å². The lowest BCUT2D eigenvalue weighted by Gasteiger charge is -2.04. The molecule has 0 fully saturated rings. The summed E-state index contributed by atoms with van der Waals surface area (Å²) in [5, 5.41) is 4.31. The Morgan fingerprint density at radius 1 is 1.36 bits per heavy atom. The molecule has 0 radical (unpaired) electrons. The third-order valence-corrected chi connectivity index (χ3v) is 2.50. The SMILES string of the molecule is COc1cc2n(C)c(C)cc(C)[n+]-2n1. The fourth-order valence-electron chi connectivity index (χ4n) is 1.59. The van der Waals surface area contributed by atoms with Gasteiger partial charge in [-0.2, -0.15) is 0 Å². The van der Waals surface area contributed by atoms with E-state index in [2.05, 4.69) is 22.7 Å². The number of aromatic nitrogens is 3. The molecule has 14 heavy (non-hydrogen) atoms. The Hall–Kier alpha value is -1.58. The van der Waals surface area contributed by atoms with Gasteiger partial charge in [0.2, 0.25) is 0 Å². The van der Waals surface area contributed by atoms with Gasteiger partial charge in [0.25, 0.3) is 5.88 Å². The first-order chi connectivity index (χ1) is 6.63. The summed E-state index contributed by atoms with van der Waals surface area (Å²) in [6.07, 6.45) is 0. The molecule has 0 aromatic carbocycles. The molecule has 4 nitrogen and oxygen atoms in total. The molecule has 0 unspecified atom stereocenters. The molecule has 0 atom stereocenters. The highest BCUT2D eigenvalue weighted by Gasteiger charge is 2.22. The van der Waals surface area contributed by atoms with Gasteiger partial charge in [-0.25, -0.2) is 4.57 Å². The molecular weight excluding hydrogens is 178 g/mol. The van der Waals surface area contributed by atoms with E-state index >= 15 is 0 Å². The second-order valence-electron chi connectivity index (χ2n) is 3.44. The Kier molecular flexibility index (Phi) is 1.91. The van der Waals surface area contributed by atoms with Gasteiger partial charge < -0.3 is 4.74 Å². The van der Waals surface area contributed by atoms with Crippen molar-refractivity contribution >= 4 is 0 Å². The Morgan fingerprint density at radius 3 is 2.71 bits per heavy atom. The summed E-state index contributed by atoms with van der Waals surface area (Å²) < 4.78 is 9.07. The highest BCUT2D eigenvalue weighted by molar-refractivity contribution is 5.24. The lowest BCUT2D eigenvalue weighted by Crippen LogP contribution is -2.39. The lowest BCUT2D eigenvalue weighted by atomic mass is 10.3. The number of rotatable bonds is 1. The van der Waals surface area contributed by atoms with Crippen LogP contribution in [0.3, 0.4) is 0 Å². The van der Waals surface area contributed by atoms with Crippen molar-refractivity contribution in [1.29, 1.82) is 0 Å². The van der Waals surface area contributed by atoms with Crippen LogP contribution in [0.1, 0.15) is 11.4 Å². The van der Waals surface area contributed by atoms with Crippen molar-refractivity contribution in [2.24, 2.45) is 7.05 Å². The van der Waals surface area contributed by atoms with Gasteiger partial charge in [-0.15, -0.1) is 0 Å². The zero-order valence-corrected chi connectivity index (χ0v) is 8.90. The Labute approximate surface area is 83.1 Å². The minimum absolute atomic E-state index is 0.648. The summed E-state index contributed by atoms with van der Waals surface area (Å²) in [5.74, 6) is 1.69. The number of fused-ring (bicyclic) bond motifs is 1. The molecule has 74 valence electrons. The Balaban J connectivity index is 2.77. The van der Waals surface area contributed by atoms with Crippen LogP contribution in [0.25, 0.3) is 5.82 Å². The molecule has 2 aliphatic rings. The molecule has 0 bridgehead atoms. The third-order valence-electron chi connectivity index (χ3n) is 2.50. The molecule has 0 saturated heterocycles. The van der Waals surface area contributed by atoms with E-state index in [0.29, 0.717) is 5.88 Å². The number of methoxy groups -OCH3 is 1. The van der Waals surface area contributed by atoms with E-state index in [-0.39, 0.29) is 0 Å². The predicted octanol–water partition coefficient (Wildman–Crippen LogP) is 0.760. The molecule has 0 aliphatic carbocycles. The summed E-state index contributed by atoms with van der Waals surface area (Å²) >= 11 is 0. The van der Waals surface area contributed by atoms with Gasteiger partial charge in [-0.1, -0.05) is 4.68 Å². The van der Waals surface area contributed by atoms with Crippen LogP contribution >= 0.6 is 0 Å². The maximum Gasteiger partial charge on any atom is 0.312 e. The zero-order valence-electron chi connectivity index (χ0n) is 8.90. The standard InChI is InChI=1S/C10H14N3O/c1-7-5-8(2)13-10(12(7)3)6-9(11-13)14-4/h5-6H,1-4H3/q+1. The first-order valence-electron chi connectivity index (χ1n) is 4.53. The van der Waals surface area contributed by atoms with Crippen molar-refractivity contribution in [2.75, 3.05) is 7.11 Å². The van der Waals surface area contributed by atoms with E-state index in [0.717, 1.165) is 11.5 Å². The number of nitrogens with zero attached hydrogens (tertiary/aromatic N) is 3. The molecule has 0 saturated carbocycles. The van der Waals surface area contributed by atoms with Crippen molar-refractivity contribution in [3.8, 4) is 11.7 Å².